The largest absolute Gasteiger partial charge is 0.496 e. The third-order valence-electron chi connectivity index (χ3n) is 2.59. The van der Waals surface area contributed by atoms with E-state index in [2.05, 4.69) is 4.84 Å². The molecular formula is C12H19NO4. The molecule has 0 spiro atoms. The van der Waals surface area contributed by atoms with Gasteiger partial charge in [0.2, 0.25) is 0 Å². The van der Waals surface area contributed by atoms with Gasteiger partial charge in [0.25, 0.3) is 0 Å². The first kappa shape index (κ1) is 13.6. The predicted molar refractivity (Wildman–Crippen MR) is 64.7 cm³/mol. The van der Waals surface area contributed by atoms with Gasteiger partial charge < -0.3 is 19.0 Å². The average Bonchev–Trinajstić information content (AvgIpc) is 2.37. The molecule has 0 saturated heterocycles. The Bertz CT molecular complexity index is 343. The van der Waals surface area contributed by atoms with E-state index in [0.29, 0.717) is 23.9 Å². The third kappa shape index (κ3) is 3.01. The summed E-state index contributed by atoms with van der Waals surface area (Å²) < 4.78 is 15.9. The minimum absolute atomic E-state index is 0.0656. The van der Waals surface area contributed by atoms with E-state index in [-0.39, 0.29) is 5.92 Å². The quantitative estimate of drug-likeness (QED) is 0.768. The topological polar surface area (TPSA) is 62.9 Å². The summed E-state index contributed by atoms with van der Waals surface area (Å²) in [4.78, 5) is 4.67. The molecule has 0 aliphatic rings. The Kier molecular flexibility index (Phi) is 5.06. The molecule has 96 valence electrons. The third-order valence-corrected chi connectivity index (χ3v) is 2.59. The molecular weight excluding hydrogens is 222 g/mol. The van der Waals surface area contributed by atoms with Gasteiger partial charge in [-0.05, 0) is 0 Å². The van der Waals surface area contributed by atoms with Crippen LogP contribution in [0.2, 0.25) is 0 Å². The van der Waals surface area contributed by atoms with Crippen LogP contribution in [-0.4, -0.2) is 27.9 Å². The van der Waals surface area contributed by atoms with E-state index < -0.39 is 0 Å². The van der Waals surface area contributed by atoms with Gasteiger partial charge in [0.1, 0.15) is 17.2 Å². The second-order valence-electron chi connectivity index (χ2n) is 3.68. The number of hydrogen-bond acceptors (Lipinski definition) is 5. The standard InChI is InChI=1S/C12H19NO4/c1-8(7-17-13)12-10(15-3)5-9(14-2)6-11(12)16-4/h5-6,8H,7,13H2,1-4H3. The van der Waals surface area contributed by atoms with Crippen LogP contribution < -0.4 is 20.1 Å². The van der Waals surface area contributed by atoms with Gasteiger partial charge in [-0.15, -0.1) is 0 Å². The lowest BCUT2D eigenvalue weighted by Gasteiger charge is -2.19. The molecule has 0 fully saturated rings. The van der Waals surface area contributed by atoms with E-state index in [1.165, 1.54) is 0 Å². The molecule has 1 aromatic carbocycles. The minimum Gasteiger partial charge on any atom is -0.496 e. The molecule has 1 rings (SSSR count). The zero-order valence-electron chi connectivity index (χ0n) is 10.6. The van der Waals surface area contributed by atoms with Crippen molar-refractivity contribution >= 4 is 0 Å². The van der Waals surface area contributed by atoms with Gasteiger partial charge in [-0.2, -0.15) is 0 Å². The fourth-order valence-electron chi connectivity index (χ4n) is 1.75. The lowest BCUT2D eigenvalue weighted by Crippen LogP contribution is -2.11. The van der Waals surface area contributed by atoms with Crippen LogP contribution in [0.15, 0.2) is 12.1 Å². The number of methoxy groups -OCH3 is 3. The van der Waals surface area contributed by atoms with Crippen LogP contribution in [0.1, 0.15) is 18.4 Å². The van der Waals surface area contributed by atoms with Gasteiger partial charge >= 0.3 is 0 Å². The molecule has 5 heteroatoms. The summed E-state index contributed by atoms with van der Waals surface area (Å²) >= 11 is 0. The predicted octanol–water partition coefficient (Wildman–Crippen LogP) is 1.71. The highest BCUT2D eigenvalue weighted by Gasteiger charge is 2.19. The van der Waals surface area contributed by atoms with Gasteiger partial charge in [0, 0.05) is 23.6 Å². The second kappa shape index (κ2) is 6.32. The molecule has 1 aromatic rings. The molecule has 0 aliphatic heterocycles. The van der Waals surface area contributed by atoms with Gasteiger partial charge in [-0.1, -0.05) is 6.92 Å². The first-order chi connectivity index (χ1) is 8.17. The minimum atomic E-state index is 0.0656. The highest BCUT2D eigenvalue weighted by Crippen LogP contribution is 2.38. The molecule has 17 heavy (non-hydrogen) atoms. The monoisotopic (exact) mass is 241 g/mol. The number of benzene rings is 1. The molecule has 0 bridgehead atoms. The fraction of sp³-hybridized carbons (Fsp3) is 0.500. The Hall–Kier alpha value is -1.46. The molecule has 0 aliphatic carbocycles. The van der Waals surface area contributed by atoms with Gasteiger partial charge in [0.05, 0.1) is 27.9 Å². The smallest absolute Gasteiger partial charge is 0.129 e. The van der Waals surface area contributed by atoms with Crippen LogP contribution in [0.4, 0.5) is 0 Å². The Balaban J connectivity index is 3.23. The molecule has 0 radical (unpaired) electrons. The average molecular weight is 241 g/mol. The zero-order valence-corrected chi connectivity index (χ0v) is 10.6. The van der Waals surface area contributed by atoms with Crippen molar-refractivity contribution in [3.05, 3.63) is 17.7 Å². The van der Waals surface area contributed by atoms with Crippen molar-refractivity contribution in [3.8, 4) is 17.2 Å². The van der Waals surface area contributed by atoms with Crippen LogP contribution in [0.25, 0.3) is 0 Å². The first-order valence-electron chi connectivity index (χ1n) is 5.29. The van der Waals surface area contributed by atoms with Crippen LogP contribution in [0.3, 0.4) is 0 Å². The molecule has 0 saturated carbocycles. The Labute approximate surface area is 101 Å². The Morgan fingerprint density at radius 3 is 1.94 bits per heavy atom. The van der Waals surface area contributed by atoms with Crippen LogP contribution in [-0.2, 0) is 4.84 Å². The van der Waals surface area contributed by atoms with Gasteiger partial charge in [0.15, 0.2) is 0 Å². The molecule has 2 N–H and O–H groups in total. The van der Waals surface area contributed by atoms with Crippen molar-refractivity contribution in [2.75, 3.05) is 27.9 Å². The van der Waals surface area contributed by atoms with E-state index in [1.54, 1.807) is 21.3 Å². The van der Waals surface area contributed by atoms with E-state index in [1.807, 2.05) is 19.1 Å². The van der Waals surface area contributed by atoms with Crippen molar-refractivity contribution in [1.29, 1.82) is 0 Å². The van der Waals surface area contributed by atoms with Crippen molar-refractivity contribution < 1.29 is 19.0 Å². The molecule has 1 atom stereocenters. The van der Waals surface area contributed by atoms with Crippen molar-refractivity contribution in [2.24, 2.45) is 5.90 Å². The maximum absolute atomic E-state index is 5.34. The summed E-state index contributed by atoms with van der Waals surface area (Å²) in [6.45, 7) is 2.37. The first-order valence-corrected chi connectivity index (χ1v) is 5.29. The van der Waals surface area contributed by atoms with Crippen LogP contribution >= 0.6 is 0 Å². The van der Waals surface area contributed by atoms with Gasteiger partial charge in [-0.3, -0.25) is 0 Å². The molecule has 0 amide bonds. The summed E-state index contributed by atoms with van der Waals surface area (Å²) in [7, 11) is 4.81. The lowest BCUT2D eigenvalue weighted by molar-refractivity contribution is 0.125. The summed E-state index contributed by atoms with van der Waals surface area (Å²) in [5, 5.41) is 0. The van der Waals surface area contributed by atoms with Crippen LogP contribution in [0.5, 0.6) is 17.2 Å². The number of rotatable bonds is 6. The lowest BCUT2D eigenvalue weighted by atomic mass is 9.99. The highest BCUT2D eigenvalue weighted by molar-refractivity contribution is 5.52. The van der Waals surface area contributed by atoms with Crippen LogP contribution in [0, 0.1) is 0 Å². The molecule has 0 heterocycles. The Morgan fingerprint density at radius 2 is 1.59 bits per heavy atom. The van der Waals surface area contributed by atoms with E-state index in [9.17, 15) is 0 Å². The summed E-state index contributed by atoms with van der Waals surface area (Å²) in [5.41, 5.74) is 0.918. The maximum Gasteiger partial charge on any atom is 0.129 e. The van der Waals surface area contributed by atoms with Crippen molar-refractivity contribution in [1.82, 2.24) is 0 Å². The van der Waals surface area contributed by atoms with E-state index >= 15 is 0 Å². The number of nitrogens with two attached hydrogens (primary N) is 1. The summed E-state index contributed by atoms with van der Waals surface area (Å²) in [6.07, 6.45) is 0. The Morgan fingerprint density at radius 1 is 1.06 bits per heavy atom. The van der Waals surface area contributed by atoms with Crippen molar-refractivity contribution in [3.63, 3.8) is 0 Å². The number of hydrogen-bond donors (Lipinski definition) is 1. The van der Waals surface area contributed by atoms with Crippen molar-refractivity contribution in [2.45, 2.75) is 12.8 Å². The van der Waals surface area contributed by atoms with E-state index in [0.717, 1.165) is 5.56 Å². The fourth-order valence-corrected chi connectivity index (χ4v) is 1.75. The van der Waals surface area contributed by atoms with Gasteiger partial charge in [-0.25, -0.2) is 5.90 Å². The van der Waals surface area contributed by atoms with E-state index in [4.69, 9.17) is 20.1 Å². The maximum atomic E-state index is 5.34. The zero-order chi connectivity index (χ0) is 12.8. The highest BCUT2D eigenvalue weighted by atomic mass is 16.6. The summed E-state index contributed by atoms with van der Waals surface area (Å²) in [5.74, 6) is 7.25. The number of ether oxygens (including phenoxy) is 3. The SMILES string of the molecule is COc1cc(OC)c(C(C)CON)c(OC)c1. The molecule has 5 nitrogen and oxygen atoms in total. The summed E-state index contributed by atoms with van der Waals surface area (Å²) in [6, 6.07) is 3.62. The molecule has 0 aromatic heterocycles. The molecule has 1 unspecified atom stereocenters. The second-order valence-corrected chi connectivity index (χ2v) is 3.68. The normalized spacial score (nSPS) is 12.1.